The summed E-state index contributed by atoms with van der Waals surface area (Å²) in [6, 6.07) is 18.7. The molecule has 0 aromatic heterocycles. The maximum absolute atomic E-state index is 12.7. The van der Waals surface area contributed by atoms with Gasteiger partial charge in [-0.05, 0) is 36.6 Å². The minimum absolute atomic E-state index is 0.184. The van der Waals surface area contributed by atoms with Crippen LogP contribution in [0.2, 0.25) is 0 Å². The van der Waals surface area contributed by atoms with Crippen molar-refractivity contribution in [2.75, 3.05) is 0 Å². The zero-order valence-electron chi connectivity index (χ0n) is 14.7. The fraction of sp³-hybridized carbons (Fsp3) is 0.190. The molecule has 2 aromatic carbocycles. The molecule has 1 aliphatic heterocycles. The van der Waals surface area contributed by atoms with E-state index >= 15 is 0 Å². The minimum Gasteiger partial charge on any atom is -0.336 e. The molecule has 5 nitrogen and oxygen atoms in total. The Balaban J connectivity index is 1.92. The number of nitrogens with one attached hydrogen (secondary N) is 2. The van der Waals surface area contributed by atoms with Crippen LogP contribution >= 0.6 is 0 Å². The Hall–Kier alpha value is -3.39. The molecule has 2 amide bonds. The quantitative estimate of drug-likeness (QED) is 0.839. The average molecular weight is 345 g/mol. The Morgan fingerprint density at radius 3 is 2.42 bits per heavy atom. The van der Waals surface area contributed by atoms with E-state index in [2.05, 4.69) is 16.7 Å². The maximum atomic E-state index is 12.7. The molecule has 2 aromatic rings. The van der Waals surface area contributed by atoms with E-state index in [1.54, 1.807) is 38.1 Å². The third kappa shape index (κ3) is 3.22. The molecule has 0 radical (unpaired) electrons. The highest BCUT2D eigenvalue weighted by atomic mass is 16.2. The summed E-state index contributed by atoms with van der Waals surface area (Å²) in [5.74, 6) is -0.627. The van der Waals surface area contributed by atoms with E-state index in [-0.39, 0.29) is 17.5 Å². The number of amides is 2. The first kappa shape index (κ1) is 17.4. The predicted molar refractivity (Wildman–Crippen MR) is 98.6 cm³/mol. The first-order valence-corrected chi connectivity index (χ1v) is 8.33. The highest BCUT2D eigenvalue weighted by Crippen LogP contribution is 2.25. The number of hydrogen-bond acceptors (Lipinski definition) is 3. The van der Waals surface area contributed by atoms with E-state index in [0.717, 1.165) is 5.56 Å². The maximum Gasteiger partial charge on any atom is 0.268 e. The topological polar surface area (TPSA) is 82.0 Å². The van der Waals surface area contributed by atoms with Crippen molar-refractivity contribution in [2.45, 2.75) is 25.8 Å². The Kier molecular flexibility index (Phi) is 4.59. The normalized spacial score (nSPS) is 21.4. The summed E-state index contributed by atoms with van der Waals surface area (Å²) in [4.78, 5) is 25.4. The molecular weight excluding hydrogens is 326 g/mol. The number of allylic oxidation sites excluding steroid dienone is 1. The standard InChI is InChI=1S/C21H19N3O2/c1-14(17-11-7-6-10-16(17)13-22)18-19(25)24-21(2,20(26)23-18)12-15-8-4-3-5-9-15/h3-11H,12H2,1-2H3,(H,23,26)(H,24,25). The highest BCUT2D eigenvalue weighted by molar-refractivity contribution is 6.10. The lowest BCUT2D eigenvalue weighted by atomic mass is 9.88. The molecule has 1 aliphatic rings. The van der Waals surface area contributed by atoms with E-state index in [9.17, 15) is 14.9 Å². The van der Waals surface area contributed by atoms with Gasteiger partial charge in [-0.15, -0.1) is 0 Å². The number of hydrogen-bond donors (Lipinski definition) is 2. The minimum atomic E-state index is -1.03. The number of carbonyl (C=O) groups excluding carboxylic acids is 2. The van der Waals surface area contributed by atoms with Crippen LogP contribution in [0, 0.1) is 11.3 Å². The molecule has 26 heavy (non-hydrogen) atoms. The van der Waals surface area contributed by atoms with Gasteiger partial charge < -0.3 is 10.6 Å². The van der Waals surface area contributed by atoms with Crippen molar-refractivity contribution in [3.05, 3.63) is 77.0 Å². The van der Waals surface area contributed by atoms with Gasteiger partial charge in [0.25, 0.3) is 5.91 Å². The molecule has 0 spiro atoms. The van der Waals surface area contributed by atoms with Gasteiger partial charge in [-0.1, -0.05) is 48.5 Å². The second-order valence-corrected chi connectivity index (χ2v) is 6.56. The molecule has 1 saturated heterocycles. The molecule has 1 atom stereocenters. The van der Waals surface area contributed by atoms with E-state index in [0.29, 0.717) is 23.1 Å². The Bertz CT molecular complexity index is 941. The lowest BCUT2D eigenvalue weighted by molar-refractivity contribution is -0.135. The zero-order chi connectivity index (χ0) is 18.7. The van der Waals surface area contributed by atoms with E-state index in [1.807, 2.05) is 30.3 Å². The first-order chi connectivity index (χ1) is 12.4. The zero-order valence-corrected chi connectivity index (χ0v) is 14.7. The molecular formula is C21H19N3O2. The van der Waals surface area contributed by atoms with Crippen LogP contribution in [0.3, 0.4) is 0 Å². The monoisotopic (exact) mass is 345 g/mol. The summed E-state index contributed by atoms with van der Waals surface area (Å²) in [6.07, 6.45) is 0.395. The highest BCUT2D eigenvalue weighted by Gasteiger charge is 2.41. The Morgan fingerprint density at radius 2 is 1.73 bits per heavy atom. The average Bonchev–Trinajstić information content (AvgIpc) is 2.65. The third-order valence-electron chi connectivity index (χ3n) is 4.58. The Labute approximate surface area is 152 Å². The lowest BCUT2D eigenvalue weighted by Gasteiger charge is -2.35. The van der Waals surface area contributed by atoms with Gasteiger partial charge in [0.15, 0.2) is 0 Å². The number of nitrogens with zero attached hydrogens (tertiary/aromatic N) is 1. The van der Waals surface area contributed by atoms with Gasteiger partial charge in [0.2, 0.25) is 5.91 Å². The summed E-state index contributed by atoms with van der Waals surface area (Å²) in [5.41, 5.74) is 1.77. The van der Waals surface area contributed by atoms with Gasteiger partial charge in [-0.3, -0.25) is 9.59 Å². The van der Waals surface area contributed by atoms with E-state index in [1.165, 1.54) is 0 Å². The number of benzene rings is 2. The van der Waals surface area contributed by atoms with Crippen molar-refractivity contribution in [3.8, 4) is 6.07 Å². The molecule has 2 N–H and O–H groups in total. The van der Waals surface area contributed by atoms with Crippen molar-refractivity contribution >= 4 is 17.4 Å². The van der Waals surface area contributed by atoms with Crippen LogP contribution in [0.5, 0.6) is 0 Å². The van der Waals surface area contributed by atoms with E-state index in [4.69, 9.17) is 0 Å². The molecule has 5 heteroatoms. The molecule has 0 bridgehead atoms. The van der Waals surface area contributed by atoms with Gasteiger partial charge in [0, 0.05) is 6.42 Å². The van der Waals surface area contributed by atoms with Crippen LogP contribution in [-0.2, 0) is 16.0 Å². The molecule has 130 valence electrons. The van der Waals surface area contributed by atoms with Crippen LogP contribution in [0.25, 0.3) is 5.57 Å². The van der Waals surface area contributed by atoms with Crippen LogP contribution in [0.15, 0.2) is 60.3 Å². The number of rotatable bonds is 3. The van der Waals surface area contributed by atoms with Gasteiger partial charge in [-0.2, -0.15) is 5.26 Å². The summed E-state index contributed by atoms with van der Waals surface area (Å²) < 4.78 is 0. The van der Waals surface area contributed by atoms with Crippen molar-refractivity contribution in [1.29, 1.82) is 5.26 Å². The fourth-order valence-electron chi connectivity index (χ4n) is 3.11. The Morgan fingerprint density at radius 1 is 1.08 bits per heavy atom. The summed E-state index contributed by atoms with van der Waals surface area (Å²) in [7, 11) is 0. The summed E-state index contributed by atoms with van der Waals surface area (Å²) in [5, 5.41) is 14.9. The third-order valence-corrected chi connectivity index (χ3v) is 4.58. The van der Waals surface area contributed by atoms with Crippen LogP contribution in [0.4, 0.5) is 0 Å². The van der Waals surface area contributed by atoms with Crippen molar-refractivity contribution in [2.24, 2.45) is 0 Å². The molecule has 1 heterocycles. The van der Waals surface area contributed by atoms with Crippen molar-refractivity contribution < 1.29 is 9.59 Å². The van der Waals surface area contributed by atoms with Gasteiger partial charge in [0.1, 0.15) is 11.2 Å². The fourth-order valence-corrected chi connectivity index (χ4v) is 3.11. The number of piperazine rings is 1. The van der Waals surface area contributed by atoms with Gasteiger partial charge in [-0.25, -0.2) is 0 Å². The second-order valence-electron chi connectivity index (χ2n) is 6.56. The first-order valence-electron chi connectivity index (χ1n) is 8.33. The molecule has 1 fully saturated rings. The number of carbonyl (C=O) groups is 2. The molecule has 0 saturated carbocycles. The lowest BCUT2D eigenvalue weighted by Crippen LogP contribution is -2.64. The van der Waals surface area contributed by atoms with Crippen LogP contribution in [0.1, 0.15) is 30.5 Å². The molecule has 3 rings (SSSR count). The van der Waals surface area contributed by atoms with Crippen molar-refractivity contribution in [1.82, 2.24) is 10.6 Å². The summed E-state index contributed by atoms with van der Waals surface area (Å²) in [6.45, 7) is 3.44. The molecule has 0 aliphatic carbocycles. The van der Waals surface area contributed by atoms with Gasteiger partial charge >= 0.3 is 0 Å². The van der Waals surface area contributed by atoms with Crippen LogP contribution in [-0.4, -0.2) is 17.4 Å². The largest absolute Gasteiger partial charge is 0.336 e. The second kappa shape index (κ2) is 6.85. The number of nitriles is 1. The van der Waals surface area contributed by atoms with Crippen molar-refractivity contribution in [3.63, 3.8) is 0 Å². The predicted octanol–water partition coefficient (Wildman–Crippen LogP) is 2.54. The molecule has 1 unspecified atom stereocenters. The van der Waals surface area contributed by atoms with Gasteiger partial charge in [0.05, 0.1) is 11.6 Å². The summed E-state index contributed by atoms with van der Waals surface area (Å²) >= 11 is 0. The SMILES string of the molecule is CC(=C1NC(=O)C(C)(Cc2ccccc2)NC1=O)c1ccccc1C#N. The van der Waals surface area contributed by atoms with E-state index < -0.39 is 5.54 Å². The smallest absolute Gasteiger partial charge is 0.268 e. The van der Waals surface area contributed by atoms with Crippen LogP contribution < -0.4 is 10.6 Å².